The van der Waals surface area contributed by atoms with Crippen molar-refractivity contribution in [1.29, 1.82) is 0 Å². The molecular formula is C14H18Cl2N2O. The predicted molar refractivity (Wildman–Crippen MR) is 79.7 cm³/mol. The minimum atomic E-state index is -0.0128. The van der Waals surface area contributed by atoms with Crippen LogP contribution in [-0.4, -0.2) is 12.5 Å². The summed E-state index contributed by atoms with van der Waals surface area (Å²) in [4.78, 5) is 12.3. The van der Waals surface area contributed by atoms with Crippen molar-refractivity contribution in [3.8, 4) is 0 Å². The van der Waals surface area contributed by atoms with Crippen LogP contribution in [0.15, 0.2) is 12.1 Å². The first-order valence-electron chi connectivity index (χ1n) is 6.49. The number of amides is 1. The monoisotopic (exact) mass is 300 g/mol. The molecule has 1 amide bonds. The van der Waals surface area contributed by atoms with Crippen LogP contribution >= 0.6 is 23.2 Å². The topological polar surface area (TPSA) is 55.1 Å². The molecule has 1 fully saturated rings. The largest absolute Gasteiger partial charge is 0.330 e. The molecule has 0 aliphatic heterocycles. The zero-order valence-corrected chi connectivity index (χ0v) is 12.4. The molecule has 104 valence electrons. The molecule has 1 aliphatic carbocycles. The van der Waals surface area contributed by atoms with E-state index in [-0.39, 0.29) is 17.7 Å². The van der Waals surface area contributed by atoms with E-state index in [4.69, 9.17) is 28.9 Å². The number of nitrogens with two attached hydrogens (primary N) is 1. The van der Waals surface area contributed by atoms with Crippen molar-refractivity contribution in [1.82, 2.24) is 0 Å². The molecule has 0 radical (unpaired) electrons. The lowest BCUT2D eigenvalue weighted by atomic mass is 9.95. The van der Waals surface area contributed by atoms with Crippen LogP contribution in [0.2, 0.25) is 10.0 Å². The minimum absolute atomic E-state index is 0.00484. The highest BCUT2D eigenvalue weighted by Crippen LogP contribution is 2.34. The Morgan fingerprint density at radius 3 is 2.79 bits per heavy atom. The summed E-state index contributed by atoms with van der Waals surface area (Å²) in [6, 6.07) is 3.46. The molecule has 0 heterocycles. The molecule has 1 aromatic carbocycles. The van der Waals surface area contributed by atoms with Crippen LogP contribution in [0.5, 0.6) is 0 Å². The highest BCUT2D eigenvalue weighted by Gasteiger charge is 2.32. The Morgan fingerprint density at radius 1 is 1.37 bits per heavy atom. The zero-order chi connectivity index (χ0) is 14.0. The van der Waals surface area contributed by atoms with E-state index in [1.165, 1.54) is 0 Å². The van der Waals surface area contributed by atoms with Gasteiger partial charge in [-0.2, -0.15) is 0 Å². The molecule has 2 rings (SSSR count). The maximum atomic E-state index is 12.3. The van der Waals surface area contributed by atoms with E-state index in [1.807, 2.05) is 6.92 Å². The molecular weight excluding hydrogens is 283 g/mol. The Morgan fingerprint density at radius 2 is 2.11 bits per heavy atom. The first-order chi connectivity index (χ1) is 9.02. The van der Waals surface area contributed by atoms with Crippen LogP contribution < -0.4 is 11.1 Å². The summed E-state index contributed by atoms with van der Waals surface area (Å²) in [7, 11) is 0. The van der Waals surface area contributed by atoms with Crippen LogP contribution in [0, 0.1) is 18.8 Å². The molecule has 0 spiro atoms. The molecule has 1 aliphatic rings. The lowest BCUT2D eigenvalue weighted by molar-refractivity contribution is -0.120. The van der Waals surface area contributed by atoms with E-state index in [0.29, 0.717) is 22.3 Å². The number of halogens is 2. The van der Waals surface area contributed by atoms with Gasteiger partial charge in [0, 0.05) is 10.9 Å². The van der Waals surface area contributed by atoms with Crippen LogP contribution in [0.3, 0.4) is 0 Å². The number of carbonyl (C=O) groups excluding carboxylic acids is 1. The Labute approximate surface area is 123 Å². The molecule has 2 unspecified atom stereocenters. The molecule has 5 heteroatoms. The molecule has 1 saturated carbocycles. The number of nitrogens with one attached hydrogen (secondary N) is 1. The normalized spacial score (nSPS) is 22.5. The fourth-order valence-corrected chi connectivity index (χ4v) is 3.06. The summed E-state index contributed by atoms with van der Waals surface area (Å²) >= 11 is 12.2. The second kappa shape index (κ2) is 6.12. The summed E-state index contributed by atoms with van der Waals surface area (Å²) in [6.07, 6.45) is 2.98. The van der Waals surface area contributed by atoms with Crippen LogP contribution in [0.25, 0.3) is 0 Å². The second-order valence-corrected chi connectivity index (χ2v) is 5.92. The van der Waals surface area contributed by atoms with Crippen molar-refractivity contribution in [2.45, 2.75) is 26.2 Å². The van der Waals surface area contributed by atoms with Gasteiger partial charge >= 0.3 is 0 Å². The van der Waals surface area contributed by atoms with Gasteiger partial charge in [0.1, 0.15) is 0 Å². The summed E-state index contributed by atoms with van der Waals surface area (Å²) in [6.45, 7) is 2.43. The van der Waals surface area contributed by atoms with Gasteiger partial charge in [-0.25, -0.2) is 0 Å². The van der Waals surface area contributed by atoms with Crippen LogP contribution in [-0.2, 0) is 4.79 Å². The molecule has 1 aromatic rings. The third kappa shape index (κ3) is 3.22. The molecule has 2 atom stereocenters. The second-order valence-electron chi connectivity index (χ2n) is 5.10. The highest BCUT2D eigenvalue weighted by atomic mass is 35.5. The van der Waals surface area contributed by atoms with Crippen LogP contribution in [0.1, 0.15) is 24.8 Å². The predicted octanol–water partition coefficient (Wildman–Crippen LogP) is 3.62. The Bertz CT molecular complexity index is 491. The summed E-state index contributed by atoms with van der Waals surface area (Å²) in [5, 5.41) is 3.98. The molecule has 19 heavy (non-hydrogen) atoms. The van der Waals surface area contributed by atoms with Gasteiger partial charge in [0.05, 0.1) is 10.7 Å². The Kier molecular flexibility index (Phi) is 4.71. The van der Waals surface area contributed by atoms with Crippen molar-refractivity contribution in [3.05, 3.63) is 27.7 Å². The summed E-state index contributed by atoms with van der Waals surface area (Å²) in [5.74, 6) is 0.260. The number of hydrogen-bond acceptors (Lipinski definition) is 2. The molecule has 3 N–H and O–H groups in total. The maximum Gasteiger partial charge on any atom is 0.227 e. The van der Waals surface area contributed by atoms with Gasteiger partial charge in [0.15, 0.2) is 0 Å². The average Bonchev–Trinajstić information content (AvgIpc) is 2.84. The van der Waals surface area contributed by atoms with Gasteiger partial charge in [-0.1, -0.05) is 29.6 Å². The summed E-state index contributed by atoms with van der Waals surface area (Å²) < 4.78 is 0. The SMILES string of the molecule is Cc1cc(Cl)c(NC(=O)C2CCCC2CN)cc1Cl. The van der Waals surface area contributed by atoms with Gasteiger partial charge in [-0.3, -0.25) is 4.79 Å². The molecule has 0 bridgehead atoms. The first-order valence-corrected chi connectivity index (χ1v) is 7.25. The van der Waals surface area contributed by atoms with Crippen LogP contribution in [0.4, 0.5) is 5.69 Å². The van der Waals surface area contributed by atoms with E-state index < -0.39 is 0 Å². The fourth-order valence-electron chi connectivity index (χ4n) is 2.63. The lowest BCUT2D eigenvalue weighted by Crippen LogP contribution is -2.29. The van der Waals surface area contributed by atoms with E-state index in [0.717, 1.165) is 24.8 Å². The number of aryl methyl sites for hydroxylation is 1. The third-order valence-electron chi connectivity index (χ3n) is 3.80. The van der Waals surface area contributed by atoms with Gasteiger partial charge in [-0.15, -0.1) is 0 Å². The number of carbonyl (C=O) groups is 1. The van der Waals surface area contributed by atoms with Gasteiger partial charge < -0.3 is 11.1 Å². The Hall–Kier alpha value is -0.770. The van der Waals surface area contributed by atoms with Crippen molar-refractivity contribution < 1.29 is 4.79 Å². The number of benzene rings is 1. The van der Waals surface area contributed by atoms with Gasteiger partial charge in [0.2, 0.25) is 5.91 Å². The lowest BCUT2D eigenvalue weighted by Gasteiger charge is -2.18. The standard InChI is InChI=1S/C14H18Cl2N2O/c1-8-5-12(16)13(6-11(8)15)18-14(19)10-4-2-3-9(10)7-17/h5-6,9-10H,2-4,7,17H2,1H3,(H,18,19). The molecule has 0 saturated heterocycles. The number of rotatable bonds is 3. The quantitative estimate of drug-likeness (QED) is 0.896. The van der Waals surface area contributed by atoms with Crippen molar-refractivity contribution in [3.63, 3.8) is 0 Å². The molecule has 0 aromatic heterocycles. The maximum absolute atomic E-state index is 12.3. The number of hydrogen-bond donors (Lipinski definition) is 2. The van der Waals surface area contributed by atoms with E-state index in [9.17, 15) is 4.79 Å². The average molecular weight is 301 g/mol. The smallest absolute Gasteiger partial charge is 0.227 e. The van der Waals surface area contributed by atoms with Crippen molar-refractivity contribution in [2.75, 3.05) is 11.9 Å². The highest BCUT2D eigenvalue weighted by molar-refractivity contribution is 6.36. The minimum Gasteiger partial charge on any atom is -0.330 e. The van der Waals surface area contributed by atoms with Crippen molar-refractivity contribution in [2.24, 2.45) is 17.6 Å². The number of anilines is 1. The molecule has 3 nitrogen and oxygen atoms in total. The van der Waals surface area contributed by atoms with Gasteiger partial charge in [0.25, 0.3) is 0 Å². The first kappa shape index (κ1) is 14.6. The van der Waals surface area contributed by atoms with E-state index in [2.05, 4.69) is 5.32 Å². The van der Waals surface area contributed by atoms with Gasteiger partial charge in [-0.05, 0) is 49.9 Å². The summed E-state index contributed by atoms with van der Waals surface area (Å²) in [5.41, 5.74) is 7.17. The Balaban J connectivity index is 2.13. The zero-order valence-electron chi connectivity index (χ0n) is 10.9. The van der Waals surface area contributed by atoms with E-state index >= 15 is 0 Å². The fraction of sp³-hybridized carbons (Fsp3) is 0.500. The van der Waals surface area contributed by atoms with E-state index in [1.54, 1.807) is 12.1 Å². The van der Waals surface area contributed by atoms with Crippen molar-refractivity contribution >= 4 is 34.8 Å². The third-order valence-corrected chi connectivity index (χ3v) is 4.52.